The van der Waals surface area contributed by atoms with Crippen molar-refractivity contribution in [2.75, 3.05) is 32.8 Å². The molecule has 4 aromatic heterocycles. The largest absolute Gasteiger partial charge is 0.379 e. The number of pyridine rings is 1. The predicted octanol–water partition coefficient (Wildman–Crippen LogP) is 3.32. The Morgan fingerprint density at radius 1 is 1.06 bits per heavy atom. The van der Waals surface area contributed by atoms with E-state index in [1.54, 1.807) is 0 Å². The van der Waals surface area contributed by atoms with Crippen LogP contribution in [0, 0.1) is 12.8 Å². The molecule has 33 heavy (non-hydrogen) atoms. The van der Waals surface area contributed by atoms with Gasteiger partial charge in [0.1, 0.15) is 11.5 Å². The van der Waals surface area contributed by atoms with Gasteiger partial charge in [0.15, 0.2) is 5.65 Å². The van der Waals surface area contributed by atoms with Gasteiger partial charge in [0, 0.05) is 38.9 Å². The number of ether oxygens (including phenoxy) is 1. The van der Waals surface area contributed by atoms with Crippen LogP contribution >= 0.6 is 0 Å². The molecule has 1 unspecified atom stereocenters. The minimum Gasteiger partial charge on any atom is -0.379 e. The van der Waals surface area contributed by atoms with E-state index in [1.807, 2.05) is 13.3 Å². The fourth-order valence-corrected chi connectivity index (χ4v) is 4.95. The van der Waals surface area contributed by atoms with Crippen LogP contribution in [0.25, 0.3) is 28.1 Å². The predicted molar refractivity (Wildman–Crippen MR) is 128 cm³/mol. The first kappa shape index (κ1) is 20.4. The highest BCUT2D eigenvalue weighted by Gasteiger charge is 2.19. The quantitative estimate of drug-likeness (QED) is 0.457. The second-order valence-electron chi connectivity index (χ2n) is 8.94. The van der Waals surface area contributed by atoms with Gasteiger partial charge in [-0.1, -0.05) is 24.3 Å². The van der Waals surface area contributed by atoms with Crippen molar-refractivity contribution >= 4 is 16.7 Å². The first-order chi connectivity index (χ1) is 16.3. The third kappa shape index (κ3) is 3.89. The normalized spacial score (nSPS) is 19.2. The topological polar surface area (TPSA) is 65.4 Å². The first-order valence-electron chi connectivity index (χ1n) is 11.8. The molecule has 0 amide bonds. The molecule has 4 aromatic rings. The molecule has 6 rings (SSSR count). The van der Waals surface area contributed by atoms with E-state index >= 15 is 0 Å². The second kappa shape index (κ2) is 8.61. The number of aromatic nitrogens is 6. The summed E-state index contributed by atoms with van der Waals surface area (Å²) in [7, 11) is 0. The molecule has 1 aliphatic heterocycles. The molecule has 5 heterocycles. The Balaban J connectivity index is 1.36. The summed E-state index contributed by atoms with van der Waals surface area (Å²) in [6.07, 6.45) is 14.0. The molecule has 1 aliphatic carbocycles. The van der Waals surface area contributed by atoms with Crippen LogP contribution in [0.1, 0.15) is 12.2 Å². The van der Waals surface area contributed by atoms with Crippen LogP contribution in [0.3, 0.4) is 0 Å². The van der Waals surface area contributed by atoms with Crippen molar-refractivity contribution in [3.8, 4) is 11.4 Å². The van der Waals surface area contributed by atoms with Crippen LogP contribution in [0.5, 0.6) is 0 Å². The van der Waals surface area contributed by atoms with Gasteiger partial charge in [-0.15, -0.1) is 10.2 Å². The third-order valence-electron chi connectivity index (χ3n) is 6.76. The maximum Gasteiger partial charge on any atom is 0.161 e. The fourth-order valence-electron chi connectivity index (χ4n) is 4.95. The molecule has 0 spiro atoms. The van der Waals surface area contributed by atoms with Gasteiger partial charge in [0.25, 0.3) is 0 Å². The number of allylic oxidation sites excluding steroid dienone is 4. The Labute approximate surface area is 192 Å². The van der Waals surface area contributed by atoms with Crippen LogP contribution in [0.2, 0.25) is 0 Å². The molecular formula is C25H29N7O. The van der Waals surface area contributed by atoms with Gasteiger partial charge in [-0.3, -0.25) is 9.30 Å². The maximum atomic E-state index is 5.47. The van der Waals surface area contributed by atoms with E-state index in [0.29, 0.717) is 5.92 Å². The van der Waals surface area contributed by atoms with Crippen LogP contribution < -0.4 is 0 Å². The average molecular weight is 444 g/mol. The van der Waals surface area contributed by atoms with Crippen LogP contribution in [-0.2, 0) is 17.8 Å². The number of hydrogen-bond acceptors (Lipinski definition) is 5. The Morgan fingerprint density at radius 2 is 1.97 bits per heavy atom. The summed E-state index contributed by atoms with van der Waals surface area (Å²) >= 11 is 0. The number of imidazole rings is 1. The molecule has 0 N–H and O–H groups in total. The van der Waals surface area contributed by atoms with E-state index in [0.717, 1.165) is 80.7 Å². The highest BCUT2D eigenvalue weighted by molar-refractivity contribution is 5.86. The van der Waals surface area contributed by atoms with Crippen LogP contribution in [-0.4, -0.2) is 66.5 Å². The lowest BCUT2D eigenvalue weighted by Gasteiger charge is -2.26. The molecule has 2 aliphatic rings. The molecule has 1 fully saturated rings. The average Bonchev–Trinajstić information content (AvgIpc) is 3.57. The van der Waals surface area contributed by atoms with Crippen LogP contribution in [0.4, 0.5) is 0 Å². The van der Waals surface area contributed by atoms with Crippen molar-refractivity contribution in [1.82, 2.24) is 33.6 Å². The lowest BCUT2D eigenvalue weighted by Crippen LogP contribution is -2.38. The number of fused-ring (bicyclic) bond motifs is 3. The van der Waals surface area contributed by atoms with E-state index in [-0.39, 0.29) is 0 Å². The molecule has 0 bridgehead atoms. The van der Waals surface area contributed by atoms with E-state index in [9.17, 15) is 0 Å². The van der Waals surface area contributed by atoms with E-state index in [2.05, 4.69) is 77.3 Å². The zero-order chi connectivity index (χ0) is 22.2. The monoisotopic (exact) mass is 443 g/mol. The molecule has 0 radical (unpaired) electrons. The van der Waals surface area contributed by atoms with Crippen LogP contribution in [0.15, 0.2) is 55.0 Å². The molecule has 1 saturated heterocycles. The number of nitrogens with zero attached hydrogens (tertiary/aromatic N) is 7. The van der Waals surface area contributed by atoms with Gasteiger partial charge in [0.2, 0.25) is 0 Å². The Kier molecular flexibility index (Phi) is 5.32. The van der Waals surface area contributed by atoms with E-state index < -0.39 is 0 Å². The lowest BCUT2D eigenvalue weighted by atomic mass is 10.0. The minimum absolute atomic E-state index is 0.463. The summed E-state index contributed by atoms with van der Waals surface area (Å²) in [5.41, 5.74) is 5.33. The van der Waals surface area contributed by atoms with E-state index in [4.69, 9.17) is 9.72 Å². The standard InChI is InChI=1S/C25H29N7O/c1-19-27-28-25-8-7-22-24(32(19)25)15-23(31(22)16-20-5-3-2-4-6-20)21-17-30(18-26-21)10-9-29-11-13-33-14-12-29/h2-5,7-8,15,17-18,20H,6,9-14,16H2,1H3. The van der Waals surface area contributed by atoms with Gasteiger partial charge in [-0.25, -0.2) is 4.98 Å². The van der Waals surface area contributed by atoms with Gasteiger partial charge < -0.3 is 13.9 Å². The summed E-state index contributed by atoms with van der Waals surface area (Å²) in [5, 5.41) is 8.61. The molecule has 8 nitrogen and oxygen atoms in total. The Bertz CT molecular complexity index is 1340. The first-order valence-corrected chi connectivity index (χ1v) is 11.8. The molecule has 0 saturated carbocycles. The molecule has 8 heteroatoms. The number of hydrogen-bond donors (Lipinski definition) is 0. The van der Waals surface area contributed by atoms with Crippen molar-refractivity contribution in [2.45, 2.75) is 26.4 Å². The third-order valence-corrected chi connectivity index (χ3v) is 6.76. The van der Waals surface area contributed by atoms with Gasteiger partial charge in [0.05, 0.1) is 36.3 Å². The summed E-state index contributed by atoms with van der Waals surface area (Å²) in [6.45, 7) is 8.54. The highest BCUT2D eigenvalue weighted by Crippen LogP contribution is 2.30. The van der Waals surface area contributed by atoms with Crippen molar-refractivity contribution in [3.63, 3.8) is 0 Å². The van der Waals surface area contributed by atoms with Crippen molar-refractivity contribution < 1.29 is 4.74 Å². The van der Waals surface area contributed by atoms with E-state index in [1.165, 1.54) is 5.52 Å². The molecule has 1 atom stereocenters. The van der Waals surface area contributed by atoms with Gasteiger partial charge in [-0.05, 0) is 37.5 Å². The Hall–Kier alpha value is -3.23. The summed E-state index contributed by atoms with van der Waals surface area (Å²) in [4.78, 5) is 7.27. The number of rotatable bonds is 6. The SMILES string of the molecule is Cc1nnc2ccc3c(cc(-c4cn(CCN5CCOCC5)cn4)n3CC3C=CC=CC3)n12. The molecular weight excluding hydrogens is 414 g/mol. The van der Waals surface area contributed by atoms with Crippen molar-refractivity contribution in [3.05, 3.63) is 60.9 Å². The number of aryl methyl sites for hydroxylation is 1. The zero-order valence-electron chi connectivity index (χ0n) is 19.0. The Morgan fingerprint density at radius 3 is 2.82 bits per heavy atom. The summed E-state index contributed by atoms with van der Waals surface area (Å²) < 4.78 is 12.2. The molecule has 0 aromatic carbocycles. The van der Waals surface area contributed by atoms with Gasteiger partial charge in [-0.2, -0.15) is 0 Å². The smallest absolute Gasteiger partial charge is 0.161 e. The lowest BCUT2D eigenvalue weighted by molar-refractivity contribution is 0.0364. The maximum absolute atomic E-state index is 5.47. The second-order valence-corrected chi connectivity index (χ2v) is 8.94. The summed E-state index contributed by atoms with van der Waals surface area (Å²) in [5.74, 6) is 1.36. The minimum atomic E-state index is 0.463. The van der Waals surface area contributed by atoms with Crippen molar-refractivity contribution in [1.29, 1.82) is 0 Å². The zero-order valence-corrected chi connectivity index (χ0v) is 19.0. The van der Waals surface area contributed by atoms with Crippen molar-refractivity contribution in [2.24, 2.45) is 5.92 Å². The van der Waals surface area contributed by atoms with Gasteiger partial charge >= 0.3 is 0 Å². The fraction of sp³-hybridized carbons (Fsp3) is 0.400. The molecule has 170 valence electrons. The number of morpholine rings is 1. The highest BCUT2D eigenvalue weighted by atomic mass is 16.5. The summed E-state index contributed by atoms with van der Waals surface area (Å²) in [6, 6.07) is 6.47.